The minimum atomic E-state index is 0.00885. The van der Waals surface area contributed by atoms with Gasteiger partial charge in [0.1, 0.15) is 0 Å². The van der Waals surface area contributed by atoms with Gasteiger partial charge in [0.05, 0.1) is 0 Å². The van der Waals surface area contributed by atoms with Crippen molar-refractivity contribution in [3.05, 3.63) is 26.4 Å². The van der Waals surface area contributed by atoms with Gasteiger partial charge < -0.3 is 4.98 Å². The highest BCUT2D eigenvalue weighted by atomic mass is 32.1. The maximum absolute atomic E-state index is 11.7. The molecule has 1 aliphatic rings. The molecule has 1 aliphatic carbocycles. The van der Waals surface area contributed by atoms with Crippen molar-refractivity contribution in [1.29, 1.82) is 0 Å². The third kappa shape index (κ3) is 2.20. The van der Waals surface area contributed by atoms with Crippen LogP contribution in [0.1, 0.15) is 37.4 Å². The second-order valence-corrected chi connectivity index (χ2v) is 4.67. The van der Waals surface area contributed by atoms with Crippen LogP contribution in [0.25, 0.3) is 0 Å². The zero-order valence-electron chi connectivity index (χ0n) is 8.93. The molecule has 2 N–H and O–H groups in total. The molecule has 0 spiro atoms. The zero-order chi connectivity index (χ0) is 10.8. The summed E-state index contributed by atoms with van der Waals surface area (Å²) in [7, 11) is 0. The Bertz CT molecular complexity index is 460. The van der Waals surface area contributed by atoms with Crippen molar-refractivity contribution < 1.29 is 0 Å². The second kappa shape index (κ2) is 4.31. The van der Waals surface area contributed by atoms with Crippen LogP contribution in [-0.2, 0) is 12.8 Å². The van der Waals surface area contributed by atoms with Gasteiger partial charge in [-0.25, -0.2) is 0 Å². The average molecular weight is 224 g/mol. The Hall–Kier alpha value is -0.900. The third-order valence-corrected chi connectivity index (χ3v) is 3.33. The van der Waals surface area contributed by atoms with Crippen LogP contribution in [0.4, 0.5) is 0 Å². The van der Waals surface area contributed by atoms with Crippen molar-refractivity contribution >= 4 is 12.2 Å². The quantitative estimate of drug-likeness (QED) is 0.757. The minimum Gasteiger partial charge on any atom is -0.336 e. The average Bonchev–Trinajstić information content (AvgIpc) is 2.19. The Balaban J connectivity index is 2.33. The molecule has 1 unspecified atom stereocenters. The van der Waals surface area contributed by atoms with Gasteiger partial charge in [-0.3, -0.25) is 9.78 Å². The highest BCUT2D eigenvalue weighted by Gasteiger charge is 2.20. The number of hydrogen-bond donors (Lipinski definition) is 2. The van der Waals surface area contributed by atoms with E-state index in [-0.39, 0.29) is 5.56 Å². The van der Waals surface area contributed by atoms with Crippen molar-refractivity contribution in [2.45, 2.75) is 39.0 Å². The number of nitrogens with one attached hydrogen (secondary N) is 2. The van der Waals surface area contributed by atoms with Crippen molar-refractivity contribution in [3.63, 3.8) is 0 Å². The summed E-state index contributed by atoms with van der Waals surface area (Å²) in [5.41, 5.74) is 1.99. The SMILES string of the molecule is CCCC1CCc2[nH]c(=S)[nH]c(=O)c2C1. The second-order valence-electron chi connectivity index (χ2n) is 4.26. The van der Waals surface area contributed by atoms with Gasteiger partial charge in [-0.2, -0.15) is 0 Å². The lowest BCUT2D eigenvalue weighted by Gasteiger charge is -2.22. The van der Waals surface area contributed by atoms with E-state index in [2.05, 4.69) is 16.9 Å². The number of aromatic nitrogens is 2. The van der Waals surface area contributed by atoms with Crippen LogP contribution in [0.5, 0.6) is 0 Å². The van der Waals surface area contributed by atoms with Crippen LogP contribution < -0.4 is 5.56 Å². The van der Waals surface area contributed by atoms with Gasteiger partial charge in [-0.05, 0) is 37.4 Å². The number of fused-ring (bicyclic) bond motifs is 1. The Kier molecular flexibility index (Phi) is 3.05. The van der Waals surface area contributed by atoms with Crippen molar-refractivity contribution in [3.8, 4) is 0 Å². The van der Waals surface area contributed by atoms with Crippen molar-refractivity contribution in [2.75, 3.05) is 0 Å². The highest BCUT2D eigenvalue weighted by Crippen LogP contribution is 2.24. The molecule has 4 heteroatoms. The van der Waals surface area contributed by atoms with Crippen molar-refractivity contribution in [1.82, 2.24) is 9.97 Å². The Morgan fingerprint density at radius 2 is 2.27 bits per heavy atom. The summed E-state index contributed by atoms with van der Waals surface area (Å²) in [5, 5.41) is 0. The summed E-state index contributed by atoms with van der Waals surface area (Å²) < 4.78 is 0.452. The molecule has 15 heavy (non-hydrogen) atoms. The monoisotopic (exact) mass is 224 g/mol. The van der Waals surface area contributed by atoms with Gasteiger partial charge in [-0.15, -0.1) is 0 Å². The fourth-order valence-corrected chi connectivity index (χ4v) is 2.60. The van der Waals surface area contributed by atoms with Gasteiger partial charge in [0.25, 0.3) is 5.56 Å². The number of H-pyrrole nitrogens is 2. The first-order valence-electron chi connectivity index (χ1n) is 5.55. The van der Waals surface area contributed by atoms with Crippen LogP contribution >= 0.6 is 12.2 Å². The molecule has 0 aromatic carbocycles. The van der Waals surface area contributed by atoms with Gasteiger partial charge in [0.2, 0.25) is 0 Å². The number of hydrogen-bond acceptors (Lipinski definition) is 2. The molecule has 0 saturated heterocycles. The first-order chi connectivity index (χ1) is 7.20. The predicted octanol–water partition coefficient (Wildman–Crippen LogP) is 2.34. The van der Waals surface area contributed by atoms with Gasteiger partial charge in [0.15, 0.2) is 4.77 Å². The molecule has 0 fully saturated rings. The molecule has 0 saturated carbocycles. The molecule has 82 valence electrons. The molecule has 0 radical (unpaired) electrons. The third-order valence-electron chi connectivity index (χ3n) is 3.12. The summed E-state index contributed by atoms with van der Waals surface area (Å²) in [5.74, 6) is 0.674. The van der Waals surface area contributed by atoms with Crippen molar-refractivity contribution in [2.24, 2.45) is 5.92 Å². The van der Waals surface area contributed by atoms with Gasteiger partial charge in [0, 0.05) is 11.3 Å². The summed E-state index contributed by atoms with van der Waals surface area (Å²) in [6.07, 6.45) is 5.46. The molecule has 1 aromatic rings. The first kappa shape index (κ1) is 10.6. The summed E-state index contributed by atoms with van der Waals surface area (Å²) >= 11 is 4.95. The number of rotatable bonds is 2. The summed E-state index contributed by atoms with van der Waals surface area (Å²) in [4.78, 5) is 17.4. The molecule has 3 nitrogen and oxygen atoms in total. The fourth-order valence-electron chi connectivity index (χ4n) is 2.38. The van der Waals surface area contributed by atoms with Crippen LogP contribution in [0.15, 0.2) is 4.79 Å². The molecule has 0 bridgehead atoms. The smallest absolute Gasteiger partial charge is 0.255 e. The van der Waals surface area contributed by atoms with E-state index in [0.29, 0.717) is 10.7 Å². The molecular weight excluding hydrogens is 208 g/mol. The minimum absolute atomic E-state index is 0.00885. The van der Waals surface area contributed by atoms with E-state index in [9.17, 15) is 4.79 Å². The molecule has 1 atom stereocenters. The normalized spacial score (nSPS) is 19.9. The van der Waals surface area contributed by atoms with E-state index in [0.717, 1.165) is 24.1 Å². The fraction of sp³-hybridized carbons (Fsp3) is 0.636. The zero-order valence-corrected chi connectivity index (χ0v) is 9.75. The van der Waals surface area contributed by atoms with Crippen LogP contribution in [0.2, 0.25) is 0 Å². The standard InChI is InChI=1S/C11H16N2OS/c1-2-3-7-4-5-9-8(6-7)10(14)13-11(15)12-9/h7H,2-6H2,1H3,(H2,12,13,14,15). The molecule has 2 rings (SSSR count). The number of aryl methyl sites for hydroxylation is 1. The lowest BCUT2D eigenvalue weighted by Crippen LogP contribution is -2.25. The summed E-state index contributed by atoms with van der Waals surface area (Å²) in [6.45, 7) is 2.19. The van der Waals surface area contributed by atoms with Crippen LogP contribution in [0, 0.1) is 10.7 Å². The Labute approximate surface area is 93.9 Å². The molecule has 0 aliphatic heterocycles. The van der Waals surface area contributed by atoms with E-state index in [1.165, 1.54) is 19.3 Å². The lowest BCUT2D eigenvalue weighted by atomic mass is 9.84. The predicted molar refractivity (Wildman–Crippen MR) is 62.7 cm³/mol. The maximum Gasteiger partial charge on any atom is 0.255 e. The molecule has 0 amide bonds. The van der Waals surface area contributed by atoms with Crippen LogP contribution in [0.3, 0.4) is 0 Å². The van der Waals surface area contributed by atoms with E-state index in [1.807, 2.05) is 0 Å². The summed E-state index contributed by atoms with van der Waals surface area (Å²) in [6, 6.07) is 0. The highest BCUT2D eigenvalue weighted by molar-refractivity contribution is 7.71. The van der Waals surface area contributed by atoms with Gasteiger partial charge in [-0.1, -0.05) is 19.8 Å². The first-order valence-corrected chi connectivity index (χ1v) is 5.96. The molecular formula is C11H16N2OS. The van der Waals surface area contributed by atoms with E-state index in [1.54, 1.807) is 0 Å². The molecule has 1 aromatic heterocycles. The van der Waals surface area contributed by atoms with E-state index >= 15 is 0 Å². The van der Waals surface area contributed by atoms with Crippen LogP contribution in [-0.4, -0.2) is 9.97 Å². The molecule has 1 heterocycles. The van der Waals surface area contributed by atoms with E-state index in [4.69, 9.17) is 12.2 Å². The largest absolute Gasteiger partial charge is 0.336 e. The Morgan fingerprint density at radius 1 is 1.47 bits per heavy atom. The topological polar surface area (TPSA) is 48.6 Å². The maximum atomic E-state index is 11.7. The Morgan fingerprint density at radius 3 is 3.00 bits per heavy atom. The number of aromatic amines is 2. The van der Waals surface area contributed by atoms with Gasteiger partial charge >= 0.3 is 0 Å². The van der Waals surface area contributed by atoms with E-state index < -0.39 is 0 Å². The lowest BCUT2D eigenvalue weighted by molar-refractivity contribution is 0.415.